The number of halogens is 1. The van der Waals surface area contributed by atoms with Crippen molar-refractivity contribution in [3.8, 4) is 6.07 Å². The summed E-state index contributed by atoms with van der Waals surface area (Å²) in [7, 11) is 1.80. The van der Waals surface area contributed by atoms with Gasteiger partial charge in [-0.3, -0.25) is 5.32 Å². The Morgan fingerprint density at radius 2 is 2.24 bits per heavy atom. The molecule has 0 bridgehead atoms. The third kappa shape index (κ3) is 3.18. The fraction of sp³-hybridized carbons (Fsp3) is 0.462. The van der Waals surface area contributed by atoms with Crippen LogP contribution < -0.4 is 10.2 Å². The molecule has 1 aliphatic rings. The quantitative estimate of drug-likeness (QED) is 0.844. The van der Waals surface area contributed by atoms with Crippen LogP contribution in [0, 0.1) is 17.1 Å². The molecule has 0 aromatic heterocycles. The summed E-state index contributed by atoms with van der Waals surface area (Å²) >= 11 is 0. The van der Waals surface area contributed by atoms with Gasteiger partial charge >= 0.3 is 0 Å². The summed E-state index contributed by atoms with van der Waals surface area (Å²) in [4.78, 5) is 1.78. The fourth-order valence-electron chi connectivity index (χ4n) is 1.80. The summed E-state index contributed by atoms with van der Waals surface area (Å²) < 4.78 is 13.5. The summed E-state index contributed by atoms with van der Waals surface area (Å²) in [6, 6.07) is 9.07. The summed E-state index contributed by atoms with van der Waals surface area (Å²) in [6.07, 6.45) is 2.28. The van der Waals surface area contributed by atoms with Crippen molar-refractivity contribution in [3.05, 3.63) is 30.1 Å². The highest BCUT2D eigenvalue weighted by atomic mass is 19.1. The van der Waals surface area contributed by atoms with Crippen molar-refractivity contribution in [3.63, 3.8) is 0 Å². The smallest absolute Gasteiger partial charge is 0.146 e. The maximum atomic E-state index is 13.5. The lowest BCUT2D eigenvalue weighted by Crippen LogP contribution is -2.40. The van der Waals surface area contributed by atoms with Gasteiger partial charge in [0.1, 0.15) is 11.9 Å². The van der Waals surface area contributed by atoms with Crippen LogP contribution in [0.25, 0.3) is 0 Å². The van der Waals surface area contributed by atoms with Crippen LogP contribution in [0.4, 0.5) is 10.1 Å². The first-order valence-electron chi connectivity index (χ1n) is 5.82. The molecule has 0 heterocycles. The lowest BCUT2D eigenvalue weighted by molar-refractivity contribution is 0.580. The molecular weight excluding hydrogens is 217 g/mol. The molecule has 1 saturated carbocycles. The summed E-state index contributed by atoms with van der Waals surface area (Å²) in [5.41, 5.74) is 0.533. The molecule has 1 aromatic rings. The molecule has 4 heteroatoms. The maximum absolute atomic E-state index is 13.5. The number of hydrogen-bond acceptors (Lipinski definition) is 3. The normalized spacial score (nSPS) is 16.3. The largest absolute Gasteiger partial charge is 0.370 e. The molecular formula is C13H16FN3. The van der Waals surface area contributed by atoms with Gasteiger partial charge < -0.3 is 4.90 Å². The van der Waals surface area contributed by atoms with Crippen molar-refractivity contribution < 1.29 is 4.39 Å². The van der Waals surface area contributed by atoms with E-state index in [4.69, 9.17) is 5.26 Å². The van der Waals surface area contributed by atoms with Crippen molar-refractivity contribution in [2.75, 3.05) is 18.5 Å². The molecule has 0 spiro atoms. The second-order valence-corrected chi connectivity index (χ2v) is 4.45. The second kappa shape index (κ2) is 5.15. The molecule has 0 saturated heterocycles. The number of hydrogen-bond donors (Lipinski definition) is 1. The highest BCUT2D eigenvalue weighted by Gasteiger charge is 2.25. The zero-order valence-electron chi connectivity index (χ0n) is 9.86. The molecule has 1 aromatic carbocycles. The Bertz CT molecular complexity index is 423. The van der Waals surface area contributed by atoms with Gasteiger partial charge in [-0.1, -0.05) is 12.1 Å². The van der Waals surface area contributed by atoms with E-state index in [0.29, 0.717) is 18.3 Å². The topological polar surface area (TPSA) is 39.1 Å². The van der Waals surface area contributed by atoms with Crippen molar-refractivity contribution in [2.24, 2.45) is 0 Å². The first-order chi connectivity index (χ1) is 8.20. The van der Waals surface area contributed by atoms with E-state index in [1.807, 2.05) is 0 Å². The van der Waals surface area contributed by atoms with Crippen LogP contribution in [0.5, 0.6) is 0 Å². The van der Waals surface area contributed by atoms with Crippen molar-refractivity contribution in [1.29, 1.82) is 5.26 Å². The molecule has 1 unspecified atom stereocenters. The lowest BCUT2D eigenvalue weighted by atomic mass is 10.2. The predicted molar refractivity (Wildman–Crippen MR) is 65.2 cm³/mol. The van der Waals surface area contributed by atoms with Crippen molar-refractivity contribution in [1.82, 2.24) is 5.32 Å². The van der Waals surface area contributed by atoms with Crippen molar-refractivity contribution >= 4 is 5.69 Å². The molecule has 1 fully saturated rings. The highest BCUT2D eigenvalue weighted by molar-refractivity contribution is 5.47. The molecule has 1 N–H and O–H groups in total. The van der Waals surface area contributed by atoms with Crippen LogP contribution >= 0.6 is 0 Å². The average molecular weight is 233 g/mol. The number of likely N-dealkylation sites (N-methyl/N-ethyl adjacent to an activating group) is 1. The SMILES string of the molecule is CN(CC(C#N)NC1CC1)c1ccccc1F. The number of benzene rings is 1. The Balaban J connectivity index is 1.97. The Hall–Kier alpha value is -1.60. The molecule has 2 rings (SSSR count). The minimum Gasteiger partial charge on any atom is -0.370 e. The van der Waals surface area contributed by atoms with E-state index < -0.39 is 0 Å². The van der Waals surface area contributed by atoms with Gasteiger partial charge in [0.15, 0.2) is 0 Å². The molecule has 3 nitrogen and oxygen atoms in total. The number of para-hydroxylation sites is 1. The third-order valence-corrected chi connectivity index (χ3v) is 2.89. The van der Waals surface area contributed by atoms with Gasteiger partial charge in [0.05, 0.1) is 11.8 Å². The van der Waals surface area contributed by atoms with Gasteiger partial charge in [0.2, 0.25) is 0 Å². The van der Waals surface area contributed by atoms with Crippen LogP contribution in [0.2, 0.25) is 0 Å². The van der Waals surface area contributed by atoms with Gasteiger partial charge in [0, 0.05) is 19.6 Å². The van der Waals surface area contributed by atoms with E-state index in [0.717, 1.165) is 12.8 Å². The minimum absolute atomic E-state index is 0.243. The van der Waals surface area contributed by atoms with E-state index >= 15 is 0 Å². The van der Waals surface area contributed by atoms with E-state index in [1.54, 1.807) is 30.1 Å². The molecule has 1 aliphatic carbocycles. The molecule has 17 heavy (non-hydrogen) atoms. The lowest BCUT2D eigenvalue weighted by Gasteiger charge is -2.23. The summed E-state index contributed by atoms with van der Waals surface area (Å²) in [6.45, 7) is 0.494. The van der Waals surface area contributed by atoms with Gasteiger partial charge in [-0.25, -0.2) is 4.39 Å². The van der Waals surface area contributed by atoms with Crippen LogP contribution in [0.3, 0.4) is 0 Å². The number of anilines is 1. The fourth-order valence-corrected chi connectivity index (χ4v) is 1.80. The Morgan fingerprint density at radius 3 is 2.82 bits per heavy atom. The van der Waals surface area contributed by atoms with Gasteiger partial charge in [-0.2, -0.15) is 5.26 Å². The van der Waals surface area contributed by atoms with Crippen LogP contribution in [0.1, 0.15) is 12.8 Å². The number of nitriles is 1. The maximum Gasteiger partial charge on any atom is 0.146 e. The van der Waals surface area contributed by atoms with E-state index in [1.165, 1.54) is 6.07 Å². The van der Waals surface area contributed by atoms with Gasteiger partial charge in [0.25, 0.3) is 0 Å². The van der Waals surface area contributed by atoms with Gasteiger partial charge in [-0.05, 0) is 25.0 Å². The Labute approximate surface area is 101 Å². The first kappa shape index (κ1) is 11.9. The summed E-state index contributed by atoms with van der Waals surface area (Å²) in [5.74, 6) is -0.252. The highest BCUT2D eigenvalue weighted by Crippen LogP contribution is 2.21. The predicted octanol–water partition coefficient (Wildman–Crippen LogP) is 1.91. The van der Waals surface area contributed by atoms with Crippen LogP contribution in [-0.2, 0) is 0 Å². The molecule has 0 aliphatic heterocycles. The van der Waals surface area contributed by atoms with E-state index in [-0.39, 0.29) is 11.9 Å². The number of rotatable bonds is 5. The monoisotopic (exact) mass is 233 g/mol. The zero-order valence-corrected chi connectivity index (χ0v) is 9.86. The van der Waals surface area contributed by atoms with Crippen LogP contribution in [-0.4, -0.2) is 25.7 Å². The number of nitrogens with one attached hydrogen (secondary N) is 1. The molecule has 0 radical (unpaired) electrons. The van der Waals surface area contributed by atoms with E-state index in [2.05, 4.69) is 11.4 Å². The standard InChI is InChI=1S/C13H16FN3/c1-17(13-5-3-2-4-12(13)14)9-11(8-15)16-10-6-7-10/h2-5,10-11,16H,6-7,9H2,1H3. The second-order valence-electron chi connectivity index (χ2n) is 4.45. The first-order valence-corrected chi connectivity index (χ1v) is 5.82. The number of nitrogens with zero attached hydrogens (tertiary/aromatic N) is 2. The Kier molecular flexibility index (Phi) is 3.60. The van der Waals surface area contributed by atoms with Crippen LogP contribution in [0.15, 0.2) is 24.3 Å². The third-order valence-electron chi connectivity index (χ3n) is 2.89. The van der Waals surface area contributed by atoms with Crippen molar-refractivity contribution in [2.45, 2.75) is 24.9 Å². The molecule has 1 atom stereocenters. The van der Waals surface area contributed by atoms with E-state index in [9.17, 15) is 4.39 Å². The minimum atomic E-state index is -0.252. The molecule has 0 amide bonds. The van der Waals surface area contributed by atoms with Gasteiger partial charge in [-0.15, -0.1) is 0 Å². The summed E-state index contributed by atoms with van der Waals surface area (Å²) in [5, 5.41) is 12.3. The molecule has 90 valence electrons. The average Bonchev–Trinajstić information content (AvgIpc) is 3.12. The zero-order chi connectivity index (χ0) is 12.3. The Morgan fingerprint density at radius 1 is 1.53 bits per heavy atom.